The normalized spacial score (nSPS) is 21.5. The molecule has 1 aromatic rings. The van der Waals surface area contributed by atoms with Crippen LogP contribution in [0.15, 0.2) is 12.1 Å². The Morgan fingerprint density at radius 1 is 1.17 bits per heavy atom. The van der Waals surface area contributed by atoms with E-state index in [0.717, 1.165) is 4.90 Å². The molecule has 0 saturated carbocycles. The molecule has 0 aliphatic carbocycles. The van der Waals surface area contributed by atoms with Crippen LogP contribution in [-0.2, 0) is 22.3 Å². The first-order chi connectivity index (χ1) is 10.7. The number of hydrogen-bond donors (Lipinski definition) is 1. The minimum atomic E-state index is -4.81. The monoisotopic (exact) mass is 330 g/mol. The number of carbonyl (C=O) groups is 3. The second-order valence-corrected chi connectivity index (χ2v) is 5.35. The summed E-state index contributed by atoms with van der Waals surface area (Å²) in [6, 6.07) is 0.0798. The number of piperidine rings is 1. The number of fused-ring (bicyclic) bond motifs is 1. The van der Waals surface area contributed by atoms with Crippen molar-refractivity contribution in [3.8, 4) is 0 Å². The van der Waals surface area contributed by atoms with Gasteiger partial charge in [0.1, 0.15) is 11.9 Å². The predicted octanol–water partition coefficient (Wildman–Crippen LogP) is 1.61. The van der Waals surface area contributed by atoms with Crippen LogP contribution >= 0.6 is 0 Å². The quantitative estimate of drug-likeness (QED) is 0.628. The van der Waals surface area contributed by atoms with E-state index in [4.69, 9.17) is 0 Å². The number of carbonyl (C=O) groups excluding carboxylic acids is 3. The van der Waals surface area contributed by atoms with Crippen LogP contribution in [-0.4, -0.2) is 28.7 Å². The Morgan fingerprint density at radius 2 is 1.87 bits per heavy atom. The lowest BCUT2D eigenvalue weighted by molar-refractivity contribution is -0.138. The van der Waals surface area contributed by atoms with Crippen LogP contribution < -0.4 is 5.32 Å². The fourth-order valence-electron chi connectivity index (χ4n) is 2.87. The SMILES string of the molecule is O=C1CCC(N2Cc3c(F)ccc(C(F)(F)F)c3C2=O)C(=O)N1. The maximum atomic E-state index is 13.8. The molecule has 23 heavy (non-hydrogen) atoms. The molecule has 1 fully saturated rings. The lowest BCUT2D eigenvalue weighted by Crippen LogP contribution is -2.52. The van der Waals surface area contributed by atoms with Crippen LogP contribution in [0.2, 0.25) is 0 Å². The number of hydrogen-bond acceptors (Lipinski definition) is 3. The first-order valence-corrected chi connectivity index (χ1v) is 6.73. The van der Waals surface area contributed by atoms with Crippen LogP contribution in [0, 0.1) is 5.82 Å². The highest BCUT2D eigenvalue weighted by Crippen LogP contribution is 2.39. The highest BCUT2D eigenvalue weighted by molar-refractivity contribution is 6.06. The lowest BCUT2D eigenvalue weighted by atomic mass is 10.0. The Balaban J connectivity index is 2.01. The number of benzene rings is 1. The number of rotatable bonds is 1. The van der Waals surface area contributed by atoms with Crippen molar-refractivity contribution >= 4 is 17.7 Å². The van der Waals surface area contributed by atoms with Gasteiger partial charge in [0.2, 0.25) is 11.8 Å². The third-order valence-corrected chi connectivity index (χ3v) is 3.95. The summed E-state index contributed by atoms with van der Waals surface area (Å²) in [5.74, 6) is -3.27. The Kier molecular flexibility index (Phi) is 3.38. The fourth-order valence-corrected chi connectivity index (χ4v) is 2.87. The third-order valence-electron chi connectivity index (χ3n) is 3.95. The van der Waals surface area contributed by atoms with Gasteiger partial charge in [0.25, 0.3) is 5.91 Å². The summed E-state index contributed by atoms with van der Waals surface area (Å²) in [6.07, 6.45) is -4.85. The minimum Gasteiger partial charge on any atom is -0.322 e. The molecule has 1 saturated heterocycles. The molecule has 1 unspecified atom stereocenters. The van der Waals surface area contributed by atoms with E-state index in [1.807, 2.05) is 5.32 Å². The topological polar surface area (TPSA) is 66.5 Å². The maximum Gasteiger partial charge on any atom is 0.417 e. The molecule has 3 rings (SSSR count). The molecule has 1 aromatic carbocycles. The Labute approximate surface area is 127 Å². The van der Waals surface area contributed by atoms with Gasteiger partial charge in [-0.3, -0.25) is 19.7 Å². The van der Waals surface area contributed by atoms with Crippen molar-refractivity contribution in [2.45, 2.75) is 31.6 Å². The van der Waals surface area contributed by atoms with Crippen molar-refractivity contribution in [1.82, 2.24) is 10.2 Å². The van der Waals surface area contributed by atoms with Gasteiger partial charge < -0.3 is 4.90 Å². The molecule has 3 amide bonds. The lowest BCUT2D eigenvalue weighted by Gasteiger charge is -2.29. The van der Waals surface area contributed by atoms with Crippen molar-refractivity contribution in [2.24, 2.45) is 0 Å². The summed E-state index contributed by atoms with van der Waals surface area (Å²) >= 11 is 0. The highest BCUT2D eigenvalue weighted by atomic mass is 19.4. The zero-order valence-corrected chi connectivity index (χ0v) is 11.5. The zero-order chi connectivity index (χ0) is 16.9. The molecular weight excluding hydrogens is 320 g/mol. The molecule has 1 N–H and O–H groups in total. The molecule has 0 spiro atoms. The van der Waals surface area contributed by atoms with E-state index in [0.29, 0.717) is 12.1 Å². The summed E-state index contributed by atoms with van der Waals surface area (Å²) < 4.78 is 52.9. The van der Waals surface area contributed by atoms with Gasteiger partial charge in [-0.2, -0.15) is 13.2 Å². The second kappa shape index (κ2) is 5.04. The Morgan fingerprint density at radius 3 is 2.48 bits per heavy atom. The van der Waals surface area contributed by atoms with Gasteiger partial charge in [-0.25, -0.2) is 4.39 Å². The van der Waals surface area contributed by atoms with Crippen molar-refractivity contribution in [3.05, 3.63) is 34.6 Å². The van der Waals surface area contributed by atoms with Crippen LogP contribution in [0.3, 0.4) is 0 Å². The van der Waals surface area contributed by atoms with Crippen LogP contribution in [0.5, 0.6) is 0 Å². The number of alkyl halides is 3. The van der Waals surface area contributed by atoms with E-state index in [1.165, 1.54) is 0 Å². The van der Waals surface area contributed by atoms with Gasteiger partial charge in [-0.05, 0) is 18.6 Å². The van der Waals surface area contributed by atoms with E-state index in [2.05, 4.69) is 0 Å². The molecule has 5 nitrogen and oxygen atoms in total. The molecular formula is C14H10F4N2O3. The van der Waals surface area contributed by atoms with E-state index < -0.39 is 53.4 Å². The summed E-state index contributed by atoms with van der Waals surface area (Å²) in [7, 11) is 0. The minimum absolute atomic E-state index is 0.00658. The molecule has 2 heterocycles. The van der Waals surface area contributed by atoms with E-state index in [9.17, 15) is 31.9 Å². The number of halogens is 4. The molecule has 0 aromatic heterocycles. The summed E-state index contributed by atoms with van der Waals surface area (Å²) in [5.41, 5.74) is -2.37. The third kappa shape index (κ3) is 2.45. The van der Waals surface area contributed by atoms with Crippen LogP contribution in [0.4, 0.5) is 17.6 Å². The van der Waals surface area contributed by atoms with Crippen molar-refractivity contribution in [1.29, 1.82) is 0 Å². The molecule has 2 aliphatic rings. The standard InChI is InChI=1S/C14H10F4N2O3/c15-8-2-1-7(14(16,17)18)11-6(8)5-20(13(11)23)9-3-4-10(21)19-12(9)22/h1-2,9H,3-5H2,(H,19,21,22). The van der Waals surface area contributed by atoms with Crippen molar-refractivity contribution in [3.63, 3.8) is 0 Å². The Bertz CT molecular complexity index is 729. The number of nitrogens with one attached hydrogen (secondary N) is 1. The van der Waals surface area contributed by atoms with Crippen LogP contribution in [0.25, 0.3) is 0 Å². The number of imide groups is 1. The Hall–Kier alpha value is -2.45. The zero-order valence-electron chi connectivity index (χ0n) is 11.5. The summed E-state index contributed by atoms with van der Waals surface area (Å²) in [4.78, 5) is 36.2. The first kappa shape index (κ1) is 15.4. The van der Waals surface area contributed by atoms with Crippen LogP contribution in [0.1, 0.15) is 34.3 Å². The maximum absolute atomic E-state index is 13.8. The average molecular weight is 330 g/mol. The van der Waals surface area contributed by atoms with Gasteiger partial charge in [-0.15, -0.1) is 0 Å². The molecule has 122 valence electrons. The van der Waals surface area contributed by atoms with Gasteiger partial charge in [-0.1, -0.05) is 0 Å². The molecule has 0 bridgehead atoms. The van der Waals surface area contributed by atoms with Crippen molar-refractivity contribution < 1.29 is 31.9 Å². The van der Waals surface area contributed by atoms with E-state index in [1.54, 1.807) is 0 Å². The molecule has 1 atom stereocenters. The molecule has 9 heteroatoms. The molecule has 2 aliphatic heterocycles. The van der Waals surface area contributed by atoms with Gasteiger partial charge in [0.05, 0.1) is 17.7 Å². The van der Waals surface area contributed by atoms with E-state index in [-0.39, 0.29) is 18.4 Å². The van der Waals surface area contributed by atoms with E-state index >= 15 is 0 Å². The fraction of sp³-hybridized carbons (Fsp3) is 0.357. The van der Waals surface area contributed by atoms with Gasteiger partial charge in [0, 0.05) is 12.0 Å². The average Bonchev–Trinajstić information content (AvgIpc) is 2.77. The van der Waals surface area contributed by atoms with Gasteiger partial charge in [0.15, 0.2) is 0 Å². The molecule has 0 radical (unpaired) electrons. The number of nitrogens with zero attached hydrogens (tertiary/aromatic N) is 1. The second-order valence-electron chi connectivity index (χ2n) is 5.35. The van der Waals surface area contributed by atoms with Gasteiger partial charge >= 0.3 is 6.18 Å². The smallest absolute Gasteiger partial charge is 0.322 e. The highest BCUT2D eigenvalue weighted by Gasteiger charge is 2.45. The summed E-state index contributed by atoms with van der Waals surface area (Å²) in [6.45, 7) is -0.434. The number of amides is 3. The predicted molar refractivity (Wildman–Crippen MR) is 67.4 cm³/mol. The van der Waals surface area contributed by atoms with Crippen molar-refractivity contribution in [2.75, 3.05) is 0 Å². The summed E-state index contributed by atoms with van der Waals surface area (Å²) in [5, 5.41) is 2.03. The largest absolute Gasteiger partial charge is 0.417 e. The first-order valence-electron chi connectivity index (χ1n) is 6.73.